The summed E-state index contributed by atoms with van der Waals surface area (Å²) in [7, 11) is 2.00. The summed E-state index contributed by atoms with van der Waals surface area (Å²) >= 11 is 0. The quantitative estimate of drug-likeness (QED) is 0.816. The monoisotopic (exact) mass is 249 g/mol. The van der Waals surface area contributed by atoms with Gasteiger partial charge in [0, 0.05) is 26.1 Å². The van der Waals surface area contributed by atoms with Gasteiger partial charge in [0.05, 0.1) is 11.4 Å². The summed E-state index contributed by atoms with van der Waals surface area (Å²) in [6.45, 7) is 6.75. The highest BCUT2D eigenvalue weighted by Gasteiger charge is 2.23. The predicted molar refractivity (Wildman–Crippen MR) is 71.3 cm³/mol. The van der Waals surface area contributed by atoms with Gasteiger partial charge >= 0.3 is 0 Å². The van der Waals surface area contributed by atoms with E-state index < -0.39 is 0 Å². The van der Waals surface area contributed by atoms with E-state index >= 15 is 0 Å². The van der Waals surface area contributed by atoms with Gasteiger partial charge in [0.2, 0.25) is 0 Å². The maximum Gasteiger partial charge on any atom is 0.134 e. The van der Waals surface area contributed by atoms with Crippen LogP contribution in [0.2, 0.25) is 0 Å². The van der Waals surface area contributed by atoms with Crippen LogP contribution in [0.25, 0.3) is 0 Å². The van der Waals surface area contributed by atoms with Crippen molar-refractivity contribution in [2.24, 2.45) is 13.0 Å². The zero-order chi connectivity index (χ0) is 13.1. The normalized spacial score (nSPS) is 21.2. The van der Waals surface area contributed by atoms with Crippen LogP contribution in [0.3, 0.4) is 0 Å². The molecule has 0 N–H and O–H groups in total. The molecular formula is C14H23N3O. The fourth-order valence-corrected chi connectivity index (χ4v) is 2.65. The maximum absolute atomic E-state index is 11.5. The van der Waals surface area contributed by atoms with Gasteiger partial charge in [-0.25, -0.2) is 0 Å². The van der Waals surface area contributed by atoms with E-state index in [1.165, 1.54) is 5.69 Å². The molecule has 0 amide bonds. The van der Waals surface area contributed by atoms with Crippen LogP contribution in [-0.2, 0) is 24.8 Å². The average Bonchev–Trinajstić information content (AvgIpc) is 2.70. The lowest BCUT2D eigenvalue weighted by atomic mass is 9.94. The van der Waals surface area contributed by atoms with Crippen molar-refractivity contribution in [2.75, 3.05) is 13.1 Å². The van der Waals surface area contributed by atoms with Crippen molar-refractivity contribution in [2.45, 2.75) is 39.7 Å². The lowest BCUT2D eigenvalue weighted by molar-refractivity contribution is -0.122. The van der Waals surface area contributed by atoms with E-state index in [1.807, 2.05) is 11.7 Å². The molecule has 1 aliphatic heterocycles. The minimum atomic E-state index is 0.234. The van der Waals surface area contributed by atoms with Crippen LogP contribution in [0.5, 0.6) is 0 Å². The molecule has 1 aliphatic rings. The average molecular weight is 249 g/mol. The Morgan fingerprint density at radius 2 is 2.33 bits per heavy atom. The molecule has 18 heavy (non-hydrogen) atoms. The number of hydrogen-bond donors (Lipinski definition) is 0. The summed E-state index contributed by atoms with van der Waals surface area (Å²) in [5.41, 5.74) is 2.39. The molecule has 1 unspecified atom stereocenters. The van der Waals surface area contributed by atoms with E-state index in [0.717, 1.165) is 44.6 Å². The van der Waals surface area contributed by atoms with Crippen molar-refractivity contribution in [1.82, 2.24) is 14.7 Å². The Morgan fingerprint density at radius 3 is 2.94 bits per heavy atom. The van der Waals surface area contributed by atoms with Crippen LogP contribution < -0.4 is 0 Å². The minimum absolute atomic E-state index is 0.234. The number of carbonyl (C=O) groups excluding carboxylic acids is 1. The van der Waals surface area contributed by atoms with Crippen molar-refractivity contribution < 1.29 is 4.79 Å². The SMILES string of the molecule is CCc1cc(CN2CCCC(C(C)=O)C2)n(C)n1. The summed E-state index contributed by atoms with van der Waals surface area (Å²) in [4.78, 5) is 13.9. The minimum Gasteiger partial charge on any atom is -0.300 e. The zero-order valence-electron chi connectivity index (χ0n) is 11.6. The van der Waals surface area contributed by atoms with Crippen LogP contribution >= 0.6 is 0 Å². The Morgan fingerprint density at radius 1 is 1.56 bits per heavy atom. The van der Waals surface area contributed by atoms with E-state index in [2.05, 4.69) is 23.0 Å². The fraction of sp³-hybridized carbons (Fsp3) is 0.714. The number of likely N-dealkylation sites (tertiary alicyclic amines) is 1. The van der Waals surface area contributed by atoms with E-state index in [-0.39, 0.29) is 5.92 Å². The molecule has 1 aromatic rings. The lowest BCUT2D eigenvalue weighted by Crippen LogP contribution is -2.37. The van der Waals surface area contributed by atoms with Gasteiger partial charge in [-0.1, -0.05) is 6.92 Å². The van der Waals surface area contributed by atoms with Gasteiger partial charge in [-0.15, -0.1) is 0 Å². The largest absolute Gasteiger partial charge is 0.300 e. The molecule has 2 heterocycles. The van der Waals surface area contributed by atoms with Crippen LogP contribution in [0.1, 0.15) is 38.1 Å². The number of piperidine rings is 1. The molecule has 100 valence electrons. The van der Waals surface area contributed by atoms with E-state index in [1.54, 1.807) is 6.92 Å². The highest BCUT2D eigenvalue weighted by atomic mass is 16.1. The molecule has 0 aromatic carbocycles. The molecule has 1 saturated heterocycles. The third-order valence-electron chi connectivity index (χ3n) is 3.86. The van der Waals surface area contributed by atoms with Crippen molar-refractivity contribution in [1.29, 1.82) is 0 Å². The summed E-state index contributed by atoms with van der Waals surface area (Å²) in [5.74, 6) is 0.566. The fourth-order valence-electron chi connectivity index (χ4n) is 2.65. The molecule has 0 radical (unpaired) electrons. The van der Waals surface area contributed by atoms with Gasteiger partial charge in [0.15, 0.2) is 0 Å². The Balaban J connectivity index is 2.00. The third kappa shape index (κ3) is 2.99. The van der Waals surface area contributed by atoms with Gasteiger partial charge in [-0.3, -0.25) is 14.4 Å². The molecule has 1 atom stereocenters. The van der Waals surface area contributed by atoms with Crippen molar-refractivity contribution >= 4 is 5.78 Å². The third-order valence-corrected chi connectivity index (χ3v) is 3.86. The van der Waals surface area contributed by atoms with Gasteiger partial charge in [-0.2, -0.15) is 5.10 Å². The van der Waals surface area contributed by atoms with E-state index in [4.69, 9.17) is 0 Å². The second-order valence-corrected chi connectivity index (χ2v) is 5.29. The second kappa shape index (κ2) is 5.65. The number of aromatic nitrogens is 2. The summed E-state index contributed by atoms with van der Waals surface area (Å²) in [5, 5.41) is 4.47. The Hall–Kier alpha value is -1.16. The van der Waals surface area contributed by atoms with Crippen LogP contribution in [-0.4, -0.2) is 33.6 Å². The molecule has 1 fully saturated rings. The Kier molecular flexibility index (Phi) is 4.17. The van der Waals surface area contributed by atoms with Gasteiger partial charge in [0.1, 0.15) is 5.78 Å². The molecule has 2 rings (SSSR count). The number of ketones is 1. The summed E-state index contributed by atoms with van der Waals surface area (Å²) < 4.78 is 1.97. The molecular weight excluding hydrogens is 226 g/mol. The highest BCUT2D eigenvalue weighted by molar-refractivity contribution is 5.78. The first kappa shape index (κ1) is 13.3. The first-order valence-corrected chi connectivity index (χ1v) is 6.84. The van der Waals surface area contributed by atoms with Gasteiger partial charge in [0.25, 0.3) is 0 Å². The maximum atomic E-state index is 11.5. The lowest BCUT2D eigenvalue weighted by Gasteiger charge is -2.31. The van der Waals surface area contributed by atoms with Crippen molar-refractivity contribution in [3.8, 4) is 0 Å². The molecule has 4 nitrogen and oxygen atoms in total. The Bertz CT molecular complexity index is 425. The highest BCUT2D eigenvalue weighted by Crippen LogP contribution is 2.19. The van der Waals surface area contributed by atoms with E-state index in [0.29, 0.717) is 5.78 Å². The van der Waals surface area contributed by atoms with E-state index in [9.17, 15) is 4.79 Å². The molecule has 1 aromatic heterocycles. The smallest absolute Gasteiger partial charge is 0.134 e. The molecule has 0 spiro atoms. The number of aryl methyl sites for hydroxylation is 2. The summed E-state index contributed by atoms with van der Waals surface area (Å²) in [6, 6.07) is 2.18. The van der Waals surface area contributed by atoms with Crippen LogP contribution in [0.4, 0.5) is 0 Å². The molecule has 0 saturated carbocycles. The molecule has 0 aliphatic carbocycles. The molecule has 4 heteroatoms. The first-order chi connectivity index (χ1) is 8.60. The molecule has 0 bridgehead atoms. The Labute approximate surface area is 109 Å². The number of carbonyl (C=O) groups is 1. The van der Waals surface area contributed by atoms with Gasteiger partial charge < -0.3 is 0 Å². The number of Topliss-reactive ketones (excluding diaryl/α,β-unsaturated/α-hetero) is 1. The van der Waals surface area contributed by atoms with Crippen LogP contribution in [0.15, 0.2) is 6.07 Å². The number of rotatable bonds is 4. The van der Waals surface area contributed by atoms with Crippen molar-refractivity contribution in [3.05, 3.63) is 17.5 Å². The number of nitrogens with zero attached hydrogens (tertiary/aromatic N) is 3. The topological polar surface area (TPSA) is 38.1 Å². The van der Waals surface area contributed by atoms with Gasteiger partial charge in [-0.05, 0) is 38.8 Å². The second-order valence-electron chi connectivity index (χ2n) is 5.29. The predicted octanol–water partition coefficient (Wildman–Crippen LogP) is 1.78. The zero-order valence-corrected chi connectivity index (χ0v) is 11.6. The first-order valence-electron chi connectivity index (χ1n) is 6.84. The van der Waals surface area contributed by atoms with Crippen LogP contribution in [0, 0.1) is 5.92 Å². The number of hydrogen-bond acceptors (Lipinski definition) is 3. The van der Waals surface area contributed by atoms with Crippen molar-refractivity contribution in [3.63, 3.8) is 0 Å². The standard InChI is InChI=1S/C14H23N3O/c1-4-13-8-14(16(3)15-13)10-17-7-5-6-12(9-17)11(2)18/h8,12H,4-7,9-10H2,1-3H3. The summed E-state index contributed by atoms with van der Waals surface area (Å²) in [6.07, 6.45) is 3.16.